The van der Waals surface area contributed by atoms with Gasteiger partial charge in [0.15, 0.2) is 0 Å². The predicted molar refractivity (Wildman–Crippen MR) is 54.7 cm³/mol. The summed E-state index contributed by atoms with van der Waals surface area (Å²) in [4.78, 5) is 0. The van der Waals surface area contributed by atoms with Crippen molar-refractivity contribution in [2.24, 2.45) is 0 Å². The molecule has 0 saturated carbocycles. The van der Waals surface area contributed by atoms with Crippen molar-refractivity contribution >= 4 is 11.8 Å². The molecule has 1 heterocycles. The fourth-order valence-electron chi connectivity index (χ4n) is 1.68. The summed E-state index contributed by atoms with van der Waals surface area (Å²) in [5.74, 6) is 0. The number of hydrogen-bond acceptors (Lipinski definition) is 2. The van der Waals surface area contributed by atoms with E-state index in [0.717, 1.165) is 17.7 Å². The molecule has 0 aliphatic carbocycles. The highest BCUT2D eigenvalue weighted by atomic mass is 16.3. The van der Waals surface area contributed by atoms with Crippen molar-refractivity contribution < 1.29 is 5.11 Å². The first-order valence-electron chi connectivity index (χ1n) is 4.46. The Hall–Kier alpha value is -1.28. The molecule has 13 heavy (non-hydrogen) atoms. The Kier molecular flexibility index (Phi) is 2.07. The summed E-state index contributed by atoms with van der Waals surface area (Å²) in [5, 5.41) is 12.2. The van der Waals surface area contributed by atoms with E-state index in [-0.39, 0.29) is 12.6 Å². The maximum atomic E-state index is 8.98. The lowest BCUT2D eigenvalue weighted by Crippen LogP contribution is -2.19. The third kappa shape index (κ3) is 1.45. The SMILES string of the molecule is C=Cc1ccc2c(c1)NC(CO)C2. The third-order valence-corrected chi connectivity index (χ3v) is 2.42. The number of benzene rings is 1. The molecule has 0 fully saturated rings. The smallest absolute Gasteiger partial charge is 0.0636 e. The van der Waals surface area contributed by atoms with E-state index in [1.165, 1.54) is 5.56 Å². The van der Waals surface area contributed by atoms with E-state index in [2.05, 4.69) is 24.0 Å². The second-order valence-electron chi connectivity index (χ2n) is 3.35. The summed E-state index contributed by atoms with van der Waals surface area (Å²) < 4.78 is 0. The van der Waals surface area contributed by atoms with Crippen LogP contribution in [0.15, 0.2) is 24.8 Å². The second-order valence-corrected chi connectivity index (χ2v) is 3.35. The lowest BCUT2D eigenvalue weighted by Gasteiger charge is -2.05. The van der Waals surface area contributed by atoms with Crippen LogP contribution in [-0.4, -0.2) is 17.8 Å². The molecule has 0 aromatic heterocycles. The molecule has 0 saturated heterocycles. The molecule has 1 unspecified atom stereocenters. The Labute approximate surface area is 77.9 Å². The molecule has 2 N–H and O–H groups in total. The Morgan fingerprint density at radius 1 is 1.62 bits per heavy atom. The Bertz CT molecular complexity index is 333. The summed E-state index contributed by atoms with van der Waals surface area (Å²) in [5.41, 5.74) is 3.53. The van der Waals surface area contributed by atoms with Gasteiger partial charge in [0, 0.05) is 5.69 Å². The van der Waals surface area contributed by atoms with Crippen molar-refractivity contribution in [3.63, 3.8) is 0 Å². The molecule has 0 bridgehead atoms. The maximum absolute atomic E-state index is 8.98. The minimum Gasteiger partial charge on any atom is -0.394 e. The van der Waals surface area contributed by atoms with Gasteiger partial charge >= 0.3 is 0 Å². The van der Waals surface area contributed by atoms with Crippen LogP contribution in [0.1, 0.15) is 11.1 Å². The van der Waals surface area contributed by atoms with Gasteiger partial charge in [-0.3, -0.25) is 0 Å². The van der Waals surface area contributed by atoms with Crippen molar-refractivity contribution in [3.8, 4) is 0 Å². The van der Waals surface area contributed by atoms with Gasteiger partial charge in [0.1, 0.15) is 0 Å². The first kappa shape index (κ1) is 8.32. The monoisotopic (exact) mass is 175 g/mol. The Morgan fingerprint density at radius 2 is 2.46 bits per heavy atom. The minimum absolute atomic E-state index is 0.190. The van der Waals surface area contributed by atoms with Gasteiger partial charge in [-0.2, -0.15) is 0 Å². The zero-order valence-electron chi connectivity index (χ0n) is 7.46. The van der Waals surface area contributed by atoms with E-state index in [9.17, 15) is 0 Å². The van der Waals surface area contributed by atoms with Gasteiger partial charge in [-0.1, -0.05) is 24.8 Å². The molecule has 1 aliphatic heterocycles. The van der Waals surface area contributed by atoms with Gasteiger partial charge in [0.25, 0.3) is 0 Å². The van der Waals surface area contributed by atoms with Crippen LogP contribution >= 0.6 is 0 Å². The summed E-state index contributed by atoms with van der Waals surface area (Å²) in [6.07, 6.45) is 2.75. The van der Waals surface area contributed by atoms with Crippen molar-refractivity contribution in [2.45, 2.75) is 12.5 Å². The molecule has 68 valence electrons. The van der Waals surface area contributed by atoms with E-state index in [1.54, 1.807) is 0 Å². The van der Waals surface area contributed by atoms with Gasteiger partial charge in [-0.25, -0.2) is 0 Å². The molecule has 1 atom stereocenters. The van der Waals surface area contributed by atoms with Crippen LogP contribution in [0.4, 0.5) is 5.69 Å². The number of aliphatic hydroxyl groups is 1. The zero-order valence-corrected chi connectivity index (χ0v) is 7.46. The second kappa shape index (κ2) is 3.23. The van der Waals surface area contributed by atoms with Gasteiger partial charge in [0.05, 0.1) is 12.6 Å². The third-order valence-electron chi connectivity index (χ3n) is 2.42. The fourth-order valence-corrected chi connectivity index (χ4v) is 1.68. The Morgan fingerprint density at radius 3 is 3.15 bits per heavy atom. The van der Waals surface area contributed by atoms with Crippen molar-refractivity contribution in [1.82, 2.24) is 0 Å². The van der Waals surface area contributed by atoms with E-state index in [4.69, 9.17) is 5.11 Å². The lowest BCUT2D eigenvalue weighted by molar-refractivity contribution is 0.277. The van der Waals surface area contributed by atoms with Gasteiger partial charge in [-0.15, -0.1) is 0 Å². The van der Waals surface area contributed by atoms with Gasteiger partial charge in [-0.05, 0) is 23.6 Å². The van der Waals surface area contributed by atoms with Crippen molar-refractivity contribution in [1.29, 1.82) is 0 Å². The fraction of sp³-hybridized carbons (Fsp3) is 0.273. The first-order valence-corrected chi connectivity index (χ1v) is 4.46. The highest BCUT2D eigenvalue weighted by Gasteiger charge is 2.18. The maximum Gasteiger partial charge on any atom is 0.0636 e. The highest BCUT2D eigenvalue weighted by Crippen LogP contribution is 2.26. The van der Waals surface area contributed by atoms with Crippen LogP contribution in [0.25, 0.3) is 6.08 Å². The molecular weight excluding hydrogens is 162 g/mol. The molecule has 1 aliphatic rings. The summed E-state index contributed by atoms with van der Waals surface area (Å²) in [6.45, 7) is 3.91. The molecule has 2 nitrogen and oxygen atoms in total. The van der Waals surface area contributed by atoms with E-state index in [1.807, 2.05) is 12.1 Å². The topological polar surface area (TPSA) is 32.3 Å². The van der Waals surface area contributed by atoms with Crippen LogP contribution in [0, 0.1) is 0 Å². The molecule has 0 spiro atoms. The van der Waals surface area contributed by atoms with Crippen molar-refractivity contribution in [3.05, 3.63) is 35.9 Å². The Balaban J connectivity index is 2.30. The number of fused-ring (bicyclic) bond motifs is 1. The van der Waals surface area contributed by atoms with E-state index >= 15 is 0 Å². The van der Waals surface area contributed by atoms with Gasteiger partial charge < -0.3 is 10.4 Å². The molecule has 2 rings (SSSR count). The summed E-state index contributed by atoms with van der Waals surface area (Å²) >= 11 is 0. The number of rotatable bonds is 2. The molecule has 0 amide bonds. The molecule has 2 heteroatoms. The van der Waals surface area contributed by atoms with Crippen LogP contribution in [0.5, 0.6) is 0 Å². The van der Waals surface area contributed by atoms with Crippen molar-refractivity contribution in [2.75, 3.05) is 11.9 Å². The summed E-state index contributed by atoms with van der Waals surface area (Å²) in [7, 11) is 0. The minimum atomic E-state index is 0.190. The summed E-state index contributed by atoms with van der Waals surface area (Å²) in [6, 6.07) is 6.40. The van der Waals surface area contributed by atoms with Crippen LogP contribution in [-0.2, 0) is 6.42 Å². The quantitative estimate of drug-likeness (QED) is 0.716. The largest absolute Gasteiger partial charge is 0.394 e. The average molecular weight is 175 g/mol. The predicted octanol–water partition coefficient (Wildman–Crippen LogP) is 1.66. The highest BCUT2D eigenvalue weighted by molar-refractivity contribution is 5.63. The number of aliphatic hydroxyl groups excluding tert-OH is 1. The number of nitrogens with one attached hydrogen (secondary N) is 1. The molecule has 1 aromatic carbocycles. The standard InChI is InChI=1S/C11H13NO/c1-2-8-3-4-9-6-10(7-13)12-11(9)5-8/h2-5,10,12-13H,1,6-7H2. The molecular formula is C11H13NO. The van der Waals surface area contributed by atoms with E-state index < -0.39 is 0 Å². The van der Waals surface area contributed by atoms with Gasteiger partial charge in [0.2, 0.25) is 0 Å². The lowest BCUT2D eigenvalue weighted by atomic mass is 10.1. The van der Waals surface area contributed by atoms with Crippen LogP contribution in [0.3, 0.4) is 0 Å². The normalized spacial score (nSPS) is 19.3. The molecule has 1 aromatic rings. The number of hydrogen-bond donors (Lipinski definition) is 2. The molecule has 0 radical (unpaired) electrons. The number of anilines is 1. The van der Waals surface area contributed by atoms with Crippen LogP contribution < -0.4 is 5.32 Å². The average Bonchev–Trinajstić information content (AvgIpc) is 2.58. The van der Waals surface area contributed by atoms with E-state index in [0.29, 0.717) is 0 Å². The zero-order chi connectivity index (χ0) is 9.26. The first-order chi connectivity index (χ1) is 6.33. The van der Waals surface area contributed by atoms with Crippen LogP contribution in [0.2, 0.25) is 0 Å².